The van der Waals surface area contributed by atoms with Gasteiger partial charge >= 0.3 is 0 Å². The summed E-state index contributed by atoms with van der Waals surface area (Å²) in [7, 11) is 0. The van der Waals surface area contributed by atoms with Crippen molar-refractivity contribution in [2.45, 2.75) is 38.1 Å². The SMILES string of the molecule is Nc1c(C(=O)N2CCCC3CCCC32)sc2cnccc12. The predicted octanol–water partition coefficient (Wildman–Crippen LogP) is 3.28. The lowest BCUT2D eigenvalue weighted by atomic mass is 9.92. The zero-order chi connectivity index (χ0) is 14.4. The molecule has 0 bridgehead atoms. The molecule has 1 saturated heterocycles. The van der Waals surface area contributed by atoms with Crippen LogP contribution in [0.3, 0.4) is 0 Å². The van der Waals surface area contributed by atoms with Gasteiger partial charge in [0.15, 0.2) is 0 Å². The van der Waals surface area contributed by atoms with Crippen LogP contribution >= 0.6 is 11.3 Å². The maximum Gasteiger partial charge on any atom is 0.266 e. The van der Waals surface area contributed by atoms with Crippen molar-refractivity contribution in [2.24, 2.45) is 5.92 Å². The van der Waals surface area contributed by atoms with Crippen molar-refractivity contribution in [1.82, 2.24) is 9.88 Å². The molecule has 4 nitrogen and oxygen atoms in total. The van der Waals surface area contributed by atoms with Crippen molar-refractivity contribution in [2.75, 3.05) is 12.3 Å². The molecule has 4 rings (SSSR count). The van der Waals surface area contributed by atoms with Crippen LogP contribution in [-0.2, 0) is 0 Å². The molecule has 2 unspecified atom stereocenters. The molecule has 110 valence electrons. The van der Waals surface area contributed by atoms with Crippen LogP contribution in [0, 0.1) is 5.92 Å². The van der Waals surface area contributed by atoms with E-state index < -0.39 is 0 Å². The van der Waals surface area contributed by atoms with E-state index >= 15 is 0 Å². The number of fused-ring (bicyclic) bond motifs is 2. The molecule has 2 aromatic heterocycles. The third-order valence-electron chi connectivity index (χ3n) is 4.98. The molecule has 2 atom stereocenters. The number of anilines is 1. The largest absolute Gasteiger partial charge is 0.397 e. The van der Waals surface area contributed by atoms with Crippen molar-refractivity contribution in [3.8, 4) is 0 Å². The quantitative estimate of drug-likeness (QED) is 0.879. The van der Waals surface area contributed by atoms with Crippen molar-refractivity contribution < 1.29 is 4.79 Å². The van der Waals surface area contributed by atoms with Crippen LogP contribution in [0.1, 0.15) is 41.8 Å². The number of likely N-dealkylation sites (tertiary alicyclic amines) is 1. The number of piperidine rings is 1. The van der Waals surface area contributed by atoms with Gasteiger partial charge < -0.3 is 10.6 Å². The molecule has 1 saturated carbocycles. The Balaban J connectivity index is 1.71. The predicted molar refractivity (Wildman–Crippen MR) is 85.4 cm³/mol. The average molecular weight is 301 g/mol. The molecule has 2 N–H and O–H groups in total. The molecule has 0 radical (unpaired) electrons. The number of hydrogen-bond acceptors (Lipinski definition) is 4. The first-order chi connectivity index (χ1) is 10.3. The van der Waals surface area contributed by atoms with Crippen LogP contribution < -0.4 is 5.73 Å². The highest BCUT2D eigenvalue weighted by Crippen LogP contribution is 2.40. The lowest BCUT2D eigenvalue weighted by Crippen LogP contribution is -2.46. The van der Waals surface area contributed by atoms with Crippen molar-refractivity contribution in [1.29, 1.82) is 0 Å². The Bertz CT molecular complexity index is 696. The summed E-state index contributed by atoms with van der Waals surface area (Å²) in [4.78, 5) is 19.9. The standard InChI is InChI=1S/C16H19N3OS/c17-14-11-6-7-18-9-13(11)21-15(14)16(20)19-8-2-4-10-3-1-5-12(10)19/h6-7,9-10,12H,1-5,8,17H2. The number of amides is 1. The van der Waals surface area contributed by atoms with Crippen LogP contribution in [-0.4, -0.2) is 28.4 Å². The van der Waals surface area contributed by atoms with E-state index in [4.69, 9.17) is 5.73 Å². The molecule has 2 fully saturated rings. The van der Waals surface area contributed by atoms with Gasteiger partial charge in [-0.1, -0.05) is 6.42 Å². The van der Waals surface area contributed by atoms with E-state index in [0.29, 0.717) is 22.5 Å². The number of rotatable bonds is 1. The van der Waals surface area contributed by atoms with Gasteiger partial charge in [0.25, 0.3) is 5.91 Å². The zero-order valence-electron chi connectivity index (χ0n) is 11.9. The zero-order valence-corrected chi connectivity index (χ0v) is 12.7. The van der Waals surface area contributed by atoms with E-state index in [-0.39, 0.29) is 5.91 Å². The van der Waals surface area contributed by atoms with E-state index in [1.54, 1.807) is 12.4 Å². The molecule has 2 aliphatic rings. The third-order valence-corrected chi connectivity index (χ3v) is 6.12. The maximum absolute atomic E-state index is 13.0. The molecule has 0 spiro atoms. The normalized spacial score (nSPS) is 25.2. The number of nitrogen functional groups attached to an aromatic ring is 1. The topological polar surface area (TPSA) is 59.2 Å². The first kappa shape index (κ1) is 13.1. The average Bonchev–Trinajstić information content (AvgIpc) is 3.11. The summed E-state index contributed by atoms with van der Waals surface area (Å²) in [5.74, 6) is 0.838. The molecular formula is C16H19N3OS. The summed E-state index contributed by atoms with van der Waals surface area (Å²) < 4.78 is 0.998. The number of nitrogens with two attached hydrogens (primary N) is 1. The minimum Gasteiger partial charge on any atom is -0.397 e. The summed E-state index contributed by atoms with van der Waals surface area (Å²) in [6, 6.07) is 2.33. The smallest absolute Gasteiger partial charge is 0.266 e. The van der Waals surface area contributed by atoms with E-state index in [9.17, 15) is 4.79 Å². The number of nitrogens with zero attached hydrogens (tertiary/aromatic N) is 2. The maximum atomic E-state index is 13.0. The Kier molecular flexibility index (Phi) is 3.10. The summed E-state index contributed by atoms with van der Waals surface area (Å²) in [5, 5.41) is 0.957. The molecule has 5 heteroatoms. The molecule has 21 heavy (non-hydrogen) atoms. The van der Waals surface area contributed by atoms with Crippen molar-refractivity contribution >= 4 is 33.0 Å². The van der Waals surface area contributed by atoms with Gasteiger partial charge in [-0.05, 0) is 37.7 Å². The second-order valence-electron chi connectivity index (χ2n) is 6.12. The van der Waals surface area contributed by atoms with Gasteiger partial charge in [0, 0.05) is 30.4 Å². The van der Waals surface area contributed by atoms with Gasteiger partial charge in [0.05, 0.1) is 10.4 Å². The molecule has 1 amide bonds. The van der Waals surface area contributed by atoms with Crippen LogP contribution in [0.5, 0.6) is 0 Å². The minimum atomic E-state index is 0.130. The van der Waals surface area contributed by atoms with Gasteiger partial charge in [-0.25, -0.2) is 0 Å². The van der Waals surface area contributed by atoms with E-state index in [2.05, 4.69) is 9.88 Å². The highest BCUT2D eigenvalue weighted by Gasteiger charge is 2.38. The van der Waals surface area contributed by atoms with Crippen LogP contribution in [0.25, 0.3) is 10.1 Å². The lowest BCUT2D eigenvalue weighted by molar-refractivity contribution is 0.0554. The number of thiophene rings is 1. The number of aromatic nitrogens is 1. The van der Waals surface area contributed by atoms with E-state index in [1.807, 2.05) is 6.07 Å². The first-order valence-corrected chi connectivity index (χ1v) is 8.50. The first-order valence-electron chi connectivity index (χ1n) is 7.68. The van der Waals surface area contributed by atoms with Gasteiger partial charge in [-0.2, -0.15) is 0 Å². The third kappa shape index (κ3) is 2.02. The number of pyridine rings is 1. The Morgan fingerprint density at radius 2 is 2.19 bits per heavy atom. The van der Waals surface area contributed by atoms with Crippen molar-refractivity contribution in [3.05, 3.63) is 23.3 Å². The highest BCUT2D eigenvalue weighted by atomic mass is 32.1. The number of carbonyl (C=O) groups excluding carboxylic acids is 1. The molecular weight excluding hydrogens is 282 g/mol. The second kappa shape index (κ2) is 4.98. The van der Waals surface area contributed by atoms with E-state index in [1.165, 1.54) is 30.6 Å². The van der Waals surface area contributed by atoms with Crippen LogP contribution in [0.15, 0.2) is 18.5 Å². The number of hydrogen-bond donors (Lipinski definition) is 1. The van der Waals surface area contributed by atoms with Gasteiger partial charge in [0.2, 0.25) is 0 Å². The highest BCUT2D eigenvalue weighted by molar-refractivity contribution is 7.21. The summed E-state index contributed by atoms with van der Waals surface area (Å²) >= 11 is 1.48. The van der Waals surface area contributed by atoms with Gasteiger partial charge in [-0.15, -0.1) is 11.3 Å². The second-order valence-corrected chi connectivity index (χ2v) is 7.17. The summed E-state index contributed by atoms with van der Waals surface area (Å²) in [6.07, 6.45) is 9.61. The van der Waals surface area contributed by atoms with Crippen LogP contribution in [0.4, 0.5) is 5.69 Å². The Hall–Kier alpha value is -1.62. The summed E-state index contributed by atoms with van der Waals surface area (Å²) in [5.41, 5.74) is 6.85. The summed E-state index contributed by atoms with van der Waals surface area (Å²) in [6.45, 7) is 0.881. The van der Waals surface area contributed by atoms with Gasteiger partial charge in [-0.3, -0.25) is 9.78 Å². The fraction of sp³-hybridized carbons (Fsp3) is 0.500. The molecule has 0 aromatic carbocycles. The lowest BCUT2D eigenvalue weighted by Gasteiger charge is -2.37. The molecule has 3 heterocycles. The fourth-order valence-electron chi connectivity index (χ4n) is 3.97. The number of carbonyl (C=O) groups is 1. The van der Waals surface area contributed by atoms with Gasteiger partial charge in [0.1, 0.15) is 4.88 Å². The Morgan fingerprint density at radius 3 is 3.05 bits per heavy atom. The van der Waals surface area contributed by atoms with Crippen LogP contribution in [0.2, 0.25) is 0 Å². The fourth-order valence-corrected chi connectivity index (χ4v) is 5.01. The Labute approximate surface area is 128 Å². The Morgan fingerprint density at radius 1 is 1.33 bits per heavy atom. The minimum absolute atomic E-state index is 0.130. The van der Waals surface area contributed by atoms with Crippen molar-refractivity contribution in [3.63, 3.8) is 0 Å². The molecule has 2 aromatic rings. The van der Waals surface area contributed by atoms with E-state index in [0.717, 1.165) is 29.5 Å². The monoisotopic (exact) mass is 301 g/mol. The molecule has 1 aliphatic heterocycles. The molecule has 1 aliphatic carbocycles.